The number of hydrogen-bond acceptors (Lipinski definition) is 7. The van der Waals surface area contributed by atoms with Crippen molar-refractivity contribution in [3.05, 3.63) is 50.2 Å². The second kappa shape index (κ2) is 9.03. The lowest BCUT2D eigenvalue weighted by Crippen LogP contribution is -2.24. The van der Waals surface area contributed by atoms with Crippen molar-refractivity contribution in [2.75, 3.05) is 12.8 Å². The quantitative estimate of drug-likeness (QED) is 0.565. The van der Waals surface area contributed by atoms with E-state index in [-0.39, 0.29) is 28.0 Å². The lowest BCUT2D eigenvalue weighted by molar-refractivity contribution is 0.108. The van der Waals surface area contributed by atoms with E-state index in [1.807, 2.05) is 24.6 Å². The van der Waals surface area contributed by atoms with Crippen molar-refractivity contribution in [2.24, 2.45) is 5.92 Å². The first-order valence-electron chi connectivity index (χ1n) is 10.8. The van der Waals surface area contributed by atoms with Gasteiger partial charge in [-0.1, -0.05) is 11.6 Å². The molecule has 170 valence electrons. The van der Waals surface area contributed by atoms with Crippen molar-refractivity contribution in [2.45, 2.75) is 58.6 Å². The van der Waals surface area contributed by atoms with E-state index >= 15 is 0 Å². The van der Waals surface area contributed by atoms with Gasteiger partial charge < -0.3 is 20.1 Å². The Morgan fingerprint density at radius 1 is 1.25 bits per heavy atom. The summed E-state index contributed by atoms with van der Waals surface area (Å²) in [6.07, 6.45) is 7.30. The molecule has 0 aliphatic heterocycles. The molecule has 1 saturated carbocycles. The zero-order valence-electron chi connectivity index (χ0n) is 18.6. The molecule has 0 amide bonds. The number of aromatic nitrogens is 4. The number of nitrogen functional groups attached to an aromatic ring is 1. The van der Waals surface area contributed by atoms with Crippen molar-refractivity contribution in [3.63, 3.8) is 0 Å². The molecule has 4 rings (SSSR count). The number of pyridine rings is 2. The summed E-state index contributed by atoms with van der Waals surface area (Å²) in [6, 6.07) is 0. The van der Waals surface area contributed by atoms with Gasteiger partial charge in [0.2, 0.25) is 5.95 Å². The number of aliphatic hydroxyl groups excluding tert-OH is 1. The van der Waals surface area contributed by atoms with E-state index in [2.05, 4.69) is 15.0 Å². The van der Waals surface area contributed by atoms with E-state index in [4.69, 9.17) is 22.1 Å². The van der Waals surface area contributed by atoms with Crippen molar-refractivity contribution >= 4 is 28.6 Å². The summed E-state index contributed by atoms with van der Waals surface area (Å²) in [6.45, 7) is 4.29. The molecule has 3 aromatic heterocycles. The highest BCUT2D eigenvalue weighted by atomic mass is 35.5. The Morgan fingerprint density at radius 3 is 2.66 bits per heavy atom. The summed E-state index contributed by atoms with van der Waals surface area (Å²) < 4.78 is 7.42. The third-order valence-corrected chi connectivity index (χ3v) is 6.63. The van der Waals surface area contributed by atoms with Crippen LogP contribution < -0.4 is 15.9 Å². The first-order valence-corrected chi connectivity index (χ1v) is 11.2. The van der Waals surface area contributed by atoms with Crippen molar-refractivity contribution < 1.29 is 9.84 Å². The van der Waals surface area contributed by atoms with Crippen LogP contribution in [0, 0.1) is 19.8 Å². The van der Waals surface area contributed by atoms with Crippen LogP contribution >= 0.6 is 11.6 Å². The molecular formula is C23H28ClN5O3. The largest absolute Gasteiger partial charge is 0.496 e. The molecule has 1 aliphatic carbocycles. The molecular weight excluding hydrogens is 430 g/mol. The first-order chi connectivity index (χ1) is 15.3. The van der Waals surface area contributed by atoms with Crippen LogP contribution in [-0.4, -0.2) is 37.8 Å². The number of aliphatic hydroxyl groups is 1. The summed E-state index contributed by atoms with van der Waals surface area (Å²) in [5.74, 6) is 1.13. The van der Waals surface area contributed by atoms with Gasteiger partial charge in [0.1, 0.15) is 16.3 Å². The highest BCUT2D eigenvalue weighted by Crippen LogP contribution is 2.29. The average molecular weight is 458 g/mol. The smallest absolute Gasteiger partial charge is 0.223 e. The molecule has 9 heteroatoms. The number of nitrogens with zero attached hydrogens (tertiary/aromatic N) is 4. The Kier molecular flexibility index (Phi) is 6.35. The summed E-state index contributed by atoms with van der Waals surface area (Å²) in [5.41, 5.74) is 9.41. The second-order valence-corrected chi connectivity index (χ2v) is 8.97. The molecule has 32 heavy (non-hydrogen) atoms. The van der Waals surface area contributed by atoms with E-state index in [1.165, 1.54) is 0 Å². The van der Waals surface area contributed by atoms with Crippen LogP contribution in [0.4, 0.5) is 5.95 Å². The SMILES string of the molecule is COc1c(C)cnc(Cn2cc(CC3CCC(O)CC3)c(=O)c3c(Cl)nc(N)nc32)c1C. The van der Waals surface area contributed by atoms with Crippen molar-refractivity contribution in [3.8, 4) is 5.75 Å². The monoisotopic (exact) mass is 457 g/mol. The molecule has 1 fully saturated rings. The molecule has 3 aromatic rings. The molecule has 3 heterocycles. The Hall–Kier alpha value is -2.71. The van der Waals surface area contributed by atoms with Crippen LogP contribution in [0.3, 0.4) is 0 Å². The number of ether oxygens (including phenoxy) is 1. The normalized spacial score (nSPS) is 18.8. The molecule has 0 spiro atoms. The van der Waals surface area contributed by atoms with Gasteiger partial charge in [-0.15, -0.1) is 0 Å². The summed E-state index contributed by atoms with van der Waals surface area (Å²) in [7, 11) is 1.64. The van der Waals surface area contributed by atoms with Gasteiger partial charge in [0.05, 0.1) is 25.5 Å². The fraction of sp³-hybridized carbons (Fsp3) is 0.478. The maximum Gasteiger partial charge on any atom is 0.223 e. The number of aryl methyl sites for hydroxylation is 1. The summed E-state index contributed by atoms with van der Waals surface area (Å²) >= 11 is 6.36. The second-order valence-electron chi connectivity index (χ2n) is 8.61. The third kappa shape index (κ3) is 4.29. The van der Waals surface area contributed by atoms with E-state index in [0.717, 1.165) is 48.3 Å². The third-order valence-electron chi connectivity index (χ3n) is 6.36. The summed E-state index contributed by atoms with van der Waals surface area (Å²) in [5, 5.41) is 10.1. The van der Waals surface area contributed by atoms with Gasteiger partial charge >= 0.3 is 0 Å². The van der Waals surface area contributed by atoms with Crippen molar-refractivity contribution in [1.29, 1.82) is 0 Å². The minimum absolute atomic E-state index is 0.0100. The molecule has 8 nitrogen and oxygen atoms in total. The average Bonchev–Trinajstić information content (AvgIpc) is 2.74. The van der Waals surface area contributed by atoms with Gasteiger partial charge in [0.25, 0.3) is 0 Å². The topological polar surface area (TPSA) is 116 Å². The van der Waals surface area contributed by atoms with Crippen LogP contribution in [0.2, 0.25) is 5.15 Å². The fourth-order valence-corrected chi connectivity index (χ4v) is 4.88. The highest BCUT2D eigenvalue weighted by molar-refractivity contribution is 6.34. The Morgan fingerprint density at radius 2 is 1.97 bits per heavy atom. The number of rotatable bonds is 5. The fourth-order valence-electron chi connectivity index (χ4n) is 4.63. The predicted octanol–water partition coefficient (Wildman–Crippen LogP) is 3.19. The molecule has 0 saturated heterocycles. The lowest BCUT2D eigenvalue weighted by Gasteiger charge is -2.25. The maximum atomic E-state index is 13.3. The molecule has 3 N–H and O–H groups in total. The number of anilines is 1. The number of nitrogens with two attached hydrogens (primary N) is 1. The molecule has 1 aliphatic rings. The standard InChI is InChI=1S/C23H28ClN5O3/c1-12-9-26-17(13(2)20(12)32-3)11-29-10-15(8-14-4-6-16(30)7-5-14)19(31)18-21(24)27-23(25)28-22(18)29/h9-10,14,16,30H,4-8,11H2,1-3H3,(H2,25,27,28). The van der Waals surface area contributed by atoms with E-state index in [0.29, 0.717) is 30.1 Å². The maximum absolute atomic E-state index is 13.3. The van der Waals surface area contributed by atoms with Gasteiger partial charge in [-0.05, 0) is 51.9 Å². The molecule has 0 radical (unpaired) electrons. The van der Waals surface area contributed by atoms with Gasteiger partial charge in [0, 0.05) is 29.1 Å². The van der Waals surface area contributed by atoms with Crippen LogP contribution in [0.1, 0.15) is 48.1 Å². The van der Waals surface area contributed by atoms with Gasteiger partial charge in [-0.25, -0.2) is 4.98 Å². The van der Waals surface area contributed by atoms with Gasteiger partial charge in [0.15, 0.2) is 11.1 Å². The minimum atomic E-state index is -0.240. The lowest BCUT2D eigenvalue weighted by atomic mass is 9.83. The Balaban J connectivity index is 1.82. The molecule has 0 unspecified atom stereocenters. The van der Waals surface area contributed by atoms with E-state index in [1.54, 1.807) is 13.3 Å². The number of fused-ring (bicyclic) bond motifs is 1. The van der Waals surface area contributed by atoms with Crippen molar-refractivity contribution in [1.82, 2.24) is 19.5 Å². The molecule has 0 atom stereocenters. The number of hydrogen-bond donors (Lipinski definition) is 2. The summed E-state index contributed by atoms with van der Waals surface area (Å²) in [4.78, 5) is 26.3. The number of halogens is 1. The molecule has 0 aromatic carbocycles. The minimum Gasteiger partial charge on any atom is -0.496 e. The highest BCUT2D eigenvalue weighted by Gasteiger charge is 2.23. The molecule has 0 bridgehead atoms. The predicted molar refractivity (Wildman–Crippen MR) is 124 cm³/mol. The zero-order chi connectivity index (χ0) is 23.0. The van der Waals surface area contributed by atoms with E-state index < -0.39 is 0 Å². The van der Waals surface area contributed by atoms with E-state index in [9.17, 15) is 9.90 Å². The Labute approximate surface area is 191 Å². The van der Waals surface area contributed by atoms with Gasteiger partial charge in [-0.2, -0.15) is 4.98 Å². The first kappa shape index (κ1) is 22.5. The van der Waals surface area contributed by atoms with Crippen LogP contribution in [0.15, 0.2) is 17.2 Å². The van der Waals surface area contributed by atoms with Crippen LogP contribution in [0.5, 0.6) is 5.75 Å². The van der Waals surface area contributed by atoms with Gasteiger partial charge in [-0.3, -0.25) is 9.78 Å². The number of methoxy groups -OCH3 is 1. The zero-order valence-corrected chi connectivity index (χ0v) is 19.3. The Bertz CT molecular complexity index is 1220. The van der Waals surface area contributed by atoms with Crippen LogP contribution in [-0.2, 0) is 13.0 Å². The van der Waals surface area contributed by atoms with Crippen LogP contribution in [0.25, 0.3) is 11.0 Å².